The minimum atomic E-state index is 0.282. The van der Waals surface area contributed by atoms with E-state index in [0.717, 1.165) is 44.7 Å². The average Bonchev–Trinajstić information content (AvgIpc) is 2.96. The Hall–Kier alpha value is -1.55. The van der Waals surface area contributed by atoms with Gasteiger partial charge >= 0.3 is 0 Å². The number of nitrogens with zero attached hydrogens (tertiary/aromatic N) is 2. The molecular formula is C17H25N3O. The summed E-state index contributed by atoms with van der Waals surface area (Å²) in [5.41, 5.74) is 2.25. The minimum absolute atomic E-state index is 0.282. The molecule has 1 fully saturated rings. The second-order valence-corrected chi connectivity index (χ2v) is 6.21. The van der Waals surface area contributed by atoms with Crippen molar-refractivity contribution < 1.29 is 4.79 Å². The van der Waals surface area contributed by atoms with Crippen LogP contribution in [0, 0.1) is 5.92 Å². The van der Waals surface area contributed by atoms with Crippen LogP contribution in [0.3, 0.4) is 0 Å². The van der Waals surface area contributed by atoms with E-state index in [1.807, 2.05) is 17.0 Å². The molecule has 0 aliphatic carbocycles. The number of para-hydroxylation sites is 2. The van der Waals surface area contributed by atoms with Crippen molar-refractivity contribution in [2.45, 2.75) is 25.7 Å². The van der Waals surface area contributed by atoms with Crippen LogP contribution in [0.5, 0.6) is 0 Å². The minimum Gasteiger partial charge on any atom is -0.373 e. The first-order chi connectivity index (χ1) is 10.3. The maximum Gasteiger partial charge on any atom is 0.227 e. The molecule has 0 radical (unpaired) electrons. The van der Waals surface area contributed by atoms with Crippen LogP contribution in [0.15, 0.2) is 24.3 Å². The van der Waals surface area contributed by atoms with Gasteiger partial charge in [0.25, 0.3) is 0 Å². The zero-order valence-electron chi connectivity index (χ0n) is 12.8. The van der Waals surface area contributed by atoms with Crippen molar-refractivity contribution in [1.29, 1.82) is 0 Å². The van der Waals surface area contributed by atoms with Crippen LogP contribution in [-0.4, -0.2) is 39.1 Å². The van der Waals surface area contributed by atoms with Gasteiger partial charge in [-0.05, 0) is 50.4 Å². The largest absolute Gasteiger partial charge is 0.373 e. The van der Waals surface area contributed by atoms with Gasteiger partial charge in [-0.15, -0.1) is 0 Å². The summed E-state index contributed by atoms with van der Waals surface area (Å²) in [6.45, 7) is 4.03. The highest BCUT2D eigenvalue weighted by Crippen LogP contribution is 2.32. The van der Waals surface area contributed by atoms with Crippen LogP contribution in [0.4, 0.5) is 11.4 Å². The summed E-state index contributed by atoms with van der Waals surface area (Å²) in [6.07, 6.45) is 3.93. The molecule has 0 bridgehead atoms. The molecule has 1 atom stereocenters. The number of fused-ring (bicyclic) bond motifs is 1. The molecule has 2 aliphatic rings. The first-order valence-electron chi connectivity index (χ1n) is 8.07. The number of carbonyl (C=O) groups is 1. The van der Waals surface area contributed by atoms with Crippen molar-refractivity contribution in [3.8, 4) is 0 Å². The lowest BCUT2D eigenvalue weighted by molar-refractivity contribution is -0.118. The van der Waals surface area contributed by atoms with Gasteiger partial charge in [-0.3, -0.25) is 4.79 Å². The van der Waals surface area contributed by atoms with Crippen molar-refractivity contribution >= 4 is 17.3 Å². The fourth-order valence-corrected chi connectivity index (χ4v) is 3.40. The first-order valence-corrected chi connectivity index (χ1v) is 8.07. The zero-order valence-corrected chi connectivity index (χ0v) is 12.8. The second-order valence-electron chi connectivity index (χ2n) is 6.21. The summed E-state index contributed by atoms with van der Waals surface area (Å²) >= 11 is 0. The number of hydrogen-bond acceptors (Lipinski definition) is 3. The van der Waals surface area contributed by atoms with Gasteiger partial charge in [-0.25, -0.2) is 0 Å². The first kappa shape index (κ1) is 14.4. The quantitative estimate of drug-likeness (QED) is 0.926. The van der Waals surface area contributed by atoms with E-state index in [2.05, 4.69) is 29.4 Å². The van der Waals surface area contributed by atoms with Crippen molar-refractivity contribution in [3.63, 3.8) is 0 Å². The molecule has 4 heteroatoms. The predicted octanol–water partition coefficient (Wildman–Crippen LogP) is 2.25. The van der Waals surface area contributed by atoms with Crippen molar-refractivity contribution in [2.24, 2.45) is 5.92 Å². The lowest BCUT2D eigenvalue weighted by Gasteiger charge is -2.24. The molecular weight excluding hydrogens is 262 g/mol. The molecule has 0 saturated carbocycles. The summed E-state index contributed by atoms with van der Waals surface area (Å²) in [5, 5.41) is 3.38. The van der Waals surface area contributed by atoms with Gasteiger partial charge in [0.2, 0.25) is 5.91 Å². The second kappa shape index (κ2) is 6.48. The fourth-order valence-electron chi connectivity index (χ4n) is 3.40. The lowest BCUT2D eigenvalue weighted by atomic mass is 10.0. The monoisotopic (exact) mass is 287 g/mol. The van der Waals surface area contributed by atoms with Gasteiger partial charge < -0.3 is 15.1 Å². The Bertz CT molecular complexity index is 497. The molecule has 2 heterocycles. The third-order valence-electron chi connectivity index (χ3n) is 4.69. The SMILES string of the molecule is CN1CCCN(C(=O)CCC2CCNC2)c2ccccc21. The van der Waals surface area contributed by atoms with Crippen LogP contribution in [-0.2, 0) is 4.79 Å². The average molecular weight is 287 g/mol. The highest BCUT2D eigenvalue weighted by Gasteiger charge is 2.24. The van der Waals surface area contributed by atoms with Crippen molar-refractivity contribution in [3.05, 3.63) is 24.3 Å². The fraction of sp³-hybridized carbons (Fsp3) is 0.588. The standard InChI is InChI=1S/C17H25N3O/c1-19-11-4-12-20(16-6-3-2-5-15(16)19)17(21)8-7-14-9-10-18-13-14/h2-3,5-6,14,18H,4,7-13H2,1H3. The number of anilines is 2. The van der Waals surface area contributed by atoms with E-state index in [0.29, 0.717) is 12.3 Å². The molecule has 1 N–H and O–H groups in total. The van der Waals surface area contributed by atoms with Gasteiger partial charge in [0.05, 0.1) is 11.4 Å². The molecule has 21 heavy (non-hydrogen) atoms. The Morgan fingerprint density at radius 1 is 1.29 bits per heavy atom. The lowest BCUT2D eigenvalue weighted by Crippen LogP contribution is -2.31. The van der Waals surface area contributed by atoms with Crippen LogP contribution in [0.2, 0.25) is 0 Å². The topological polar surface area (TPSA) is 35.6 Å². The van der Waals surface area contributed by atoms with Gasteiger partial charge in [0.1, 0.15) is 0 Å². The van der Waals surface area contributed by atoms with Gasteiger partial charge in [0.15, 0.2) is 0 Å². The van der Waals surface area contributed by atoms with Crippen molar-refractivity contribution in [2.75, 3.05) is 43.0 Å². The summed E-state index contributed by atoms with van der Waals surface area (Å²) < 4.78 is 0. The van der Waals surface area contributed by atoms with E-state index in [4.69, 9.17) is 0 Å². The smallest absolute Gasteiger partial charge is 0.227 e. The summed E-state index contributed by atoms with van der Waals surface area (Å²) in [4.78, 5) is 16.9. The zero-order chi connectivity index (χ0) is 14.7. The molecule has 1 amide bonds. The number of hydrogen-bond donors (Lipinski definition) is 1. The van der Waals surface area contributed by atoms with Crippen molar-refractivity contribution in [1.82, 2.24) is 5.32 Å². The van der Waals surface area contributed by atoms with Crippen LogP contribution in [0.25, 0.3) is 0 Å². The van der Waals surface area contributed by atoms with E-state index >= 15 is 0 Å². The normalized spacial score (nSPS) is 22.0. The van der Waals surface area contributed by atoms with E-state index in [1.165, 1.54) is 12.1 Å². The Morgan fingerprint density at radius 2 is 2.10 bits per heavy atom. The summed E-state index contributed by atoms with van der Waals surface area (Å²) in [7, 11) is 2.11. The van der Waals surface area contributed by atoms with E-state index in [-0.39, 0.29) is 5.91 Å². The van der Waals surface area contributed by atoms with Gasteiger partial charge in [0, 0.05) is 26.6 Å². The van der Waals surface area contributed by atoms with E-state index < -0.39 is 0 Å². The van der Waals surface area contributed by atoms with Gasteiger partial charge in [-0.2, -0.15) is 0 Å². The number of amides is 1. The maximum atomic E-state index is 12.7. The molecule has 2 aliphatic heterocycles. The number of nitrogens with one attached hydrogen (secondary N) is 1. The highest BCUT2D eigenvalue weighted by atomic mass is 16.2. The molecule has 114 valence electrons. The van der Waals surface area contributed by atoms with E-state index in [9.17, 15) is 4.79 Å². The Morgan fingerprint density at radius 3 is 2.86 bits per heavy atom. The summed E-state index contributed by atoms with van der Waals surface area (Å²) in [6, 6.07) is 8.26. The third kappa shape index (κ3) is 3.21. The summed E-state index contributed by atoms with van der Waals surface area (Å²) in [5.74, 6) is 0.962. The van der Waals surface area contributed by atoms with Crippen LogP contribution >= 0.6 is 0 Å². The Balaban J connectivity index is 1.71. The van der Waals surface area contributed by atoms with Crippen LogP contribution in [0.1, 0.15) is 25.7 Å². The van der Waals surface area contributed by atoms with E-state index in [1.54, 1.807) is 0 Å². The molecule has 1 unspecified atom stereocenters. The number of benzene rings is 1. The van der Waals surface area contributed by atoms with Crippen LogP contribution < -0.4 is 15.1 Å². The Kier molecular flexibility index (Phi) is 4.44. The third-order valence-corrected chi connectivity index (χ3v) is 4.69. The molecule has 0 aromatic heterocycles. The molecule has 1 saturated heterocycles. The van der Waals surface area contributed by atoms with Gasteiger partial charge in [-0.1, -0.05) is 12.1 Å². The molecule has 3 rings (SSSR count). The highest BCUT2D eigenvalue weighted by molar-refractivity contribution is 5.97. The number of rotatable bonds is 3. The molecule has 0 spiro atoms. The molecule has 1 aromatic rings. The number of carbonyl (C=O) groups excluding carboxylic acids is 1. The Labute approximate surface area is 127 Å². The molecule has 1 aromatic carbocycles. The molecule has 4 nitrogen and oxygen atoms in total. The maximum absolute atomic E-state index is 12.7. The predicted molar refractivity (Wildman–Crippen MR) is 86.9 cm³/mol.